The van der Waals surface area contributed by atoms with E-state index in [1.165, 1.54) is 7.11 Å². The molecule has 0 N–H and O–H groups in total. The Morgan fingerprint density at radius 3 is 2.64 bits per heavy atom. The maximum Gasteiger partial charge on any atom is 0.351 e. The van der Waals surface area contributed by atoms with Crippen LogP contribution >= 0.6 is 34.5 Å². The number of ether oxygens (including phenoxy) is 1. The van der Waals surface area contributed by atoms with Crippen LogP contribution in [0, 0.1) is 0 Å². The molecule has 2 heterocycles. The second-order valence-corrected chi connectivity index (χ2v) is 7.24. The molecule has 0 spiro atoms. The first kappa shape index (κ1) is 18.0. The van der Waals surface area contributed by atoms with Gasteiger partial charge < -0.3 is 14.5 Å². The minimum atomic E-state index is -0.526. The highest BCUT2D eigenvalue weighted by Gasteiger charge is 2.28. The number of rotatable bonds is 4. The molecule has 1 aromatic heterocycles. The monoisotopic (exact) mass is 399 g/mol. The Morgan fingerprint density at radius 2 is 2.00 bits per heavy atom. The maximum atomic E-state index is 12.4. The van der Waals surface area contributed by atoms with Gasteiger partial charge in [-0.3, -0.25) is 4.79 Å². The summed E-state index contributed by atoms with van der Waals surface area (Å²) in [6.07, 6.45) is 0. The van der Waals surface area contributed by atoms with Gasteiger partial charge in [-0.15, -0.1) is 0 Å². The van der Waals surface area contributed by atoms with Crippen LogP contribution in [0.1, 0.15) is 15.2 Å². The van der Waals surface area contributed by atoms with Crippen molar-refractivity contribution in [2.45, 2.75) is 6.54 Å². The molecular weight excluding hydrogens is 385 g/mol. The number of halogens is 2. The topological polar surface area (TPSA) is 62.7 Å². The van der Waals surface area contributed by atoms with Crippen LogP contribution in [0.5, 0.6) is 0 Å². The first-order chi connectivity index (χ1) is 12.0. The number of hydrogen-bond acceptors (Lipinski definition) is 6. The van der Waals surface area contributed by atoms with Crippen LogP contribution in [-0.2, 0) is 16.1 Å². The third kappa shape index (κ3) is 4.05. The molecule has 132 valence electrons. The molecule has 0 aliphatic carbocycles. The van der Waals surface area contributed by atoms with Gasteiger partial charge in [-0.1, -0.05) is 46.7 Å². The summed E-state index contributed by atoms with van der Waals surface area (Å²) in [4.78, 5) is 32.1. The number of carbonyl (C=O) groups is 2. The number of nitrogens with zero attached hydrogens (tertiary/aromatic N) is 3. The van der Waals surface area contributed by atoms with E-state index in [9.17, 15) is 9.59 Å². The average molecular weight is 400 g/mol. The molecule has 1 aliphatic heterocycles. The van der Waals surface area contributed by atoms with E-state index < -0.39 is 5.97 Å². The minimum absolute atomic E-state index is 0.00728. The zero-order valence-electron chi connectivity index (χ0n) is 13.4. The van der Waals surface area contributed by atoms with E-state index in [-0.39, 0.29) is 22.5 Å². The normalized spacial score (nSPS) is 14.8. The van der Waals surface area contributed by atoms with Crippen molar-refractivity contribution in [3.05, 3.63) is 44.9 Å². The lowest BCUT2D eigenvalue weighted by atomic mass is 10.2. The van der Waals surface area contributed by atoms with Crippen molar-refractivity contribution < 1.29 is 14.3 Å². The molecule has 0 radical (unpaired) electrons. The van der Waals surface area contributed by atoms with Gasteiger partial charge in [-0.05, 0) is 17.7 Å². The standard InChI is InChI=1S/C16H15Cl2N3O3S/c1-24-15(23)13-14(18)19-16(25-13)21-7-6-20(12(22)9-21)8-10-2-4-11(17)5-3-10/h2-5H,6-9H2,1H3. The van der Waals surface area contributed by atoms with Gasteiger partial charge in [-0.25, -0.2) is 9.78 Å². The predicted octanol–water partition coefficient (Wildman–Crippen LogP) is 3.09. The third-order valence-corrected chi connectivity index (χ3v) is 5.55. The van der Waals surface area contributed by atoms with Crippen LogP contribution < -0.4 is 4.90 Å². The van der Waals surface area contributed by atoms with Crippen molar-refractivity contribution in [2.24, 2.45) is 0 Å². The van der Waals surface area contributed by atoms with Gasteiger partial charge in [0.15, 0.2) is 15.2 Å². The summed E-state index contributed by atoms with van der Waals surface area (Å²) in [6.45, 7) is 1.91. The van der Waals surface area contributed by atoms with E-state index in [1.807, 2.05) is 29.2 Å². The van der Waals surface area contributed by atoms with Gasteiger partial charge in [0.05, 0.1) is 13.7 Å². The molecule has 1 aliphatic rings. The fourth-order valence-electron chi connectivity index (χ4n) is 2.49. The van der Waals surface area contributed by atoms with E-state index in [4.69, 9.17) is 23.2 Å². The number of amides is 1. The summed E-state index contributed by atoms with van der Waals surface area (Å²) in [7, 11) is 1.29. The van der Waals surface area contributed by atoms with Crippen LogP contribution in [0.4, 0.5) is 5.13 Å². The number of thiazole rings is 1. The SMILES string of the molecule is COC(=O)c1sc(N2CCN(Cc3ccc(Cl)cc3)C(=O)C2)nc1Cl. The summed E-state index contributed by atoms with van der Waals surface area (Å²) in [5.74, 6) is -0.534. The van der Waals surface area contributed by atoms with Crippen molar-refractivity contribution >= 4 is 51.5 Å². The molecule has 9 heteroatoms. The van der Waals surface area contributed by atoms with Crippen LogP contribution in [-0.4, -0.2) is 48.5 Å². The lowest BCUT2D eigenvalue weighted by molar-refractivity contribution is -0.131. The summed E-state index contributed by atoms with van der Waals surface area (Å²) >= 11 is 13.0. The van der Waals surface area contributed by atoms with Crippen molar-refractivity contribution in [1.29, 1.82) is 0 Å². The molecule has 6 nitrogen and oxygen atoms in total. The Hall–Kier alpha value is -1.83. The van der Waals surface area contributed by atoms with E-state index in [1.54, 1.807) is 4.90 Å². The van der Waals surface area contributed by atoms with Crippen molar-refractivity contribution in [3.8, 4) is 0 Å². The van der Waals surface area contributed by atoms with Gasteiger partial charge in [0.1, 0.15) is 0 Å². The Morgan fingerprint density at radius 1 is 1.28 bits per heavy atom. The summed E-state index contributed by atoms with van der Waals surface area (Å²) < 4.78 is 4.67. The number of hydrogen-bond donors (Lipinski definition) is 0. The smallest absolute Gasteiger partial charge is 0.351 e. The van der Waals surface area contributed by atoms with Gasteiger partial charge in [-0.2, -0.15) is 0 Å². The summed E-state index contributed by atoms with van der Waals surface area (Å²) in [5, 5.41) is 1.31. The molecule has 2 aromatic rings. The second kappa shape index (κ2) is 7.59. The zero-order valence-corrected chi connectivity index (χ0v) is 15.7. The van der Waals surface area contributed by atoms with Crippen LogP contribution in [0.15, 0.2) is 24.3 Å². The third-order valence-electron chi connectivity index (χ3n) is 3.82. The van der Waals surface area contributed by atoms with E-state index >= 15 is 0 Å². The number of benzene rings is 1. The van der Waals surface area contributed by atoms with Gasteiger partial charge in [0, 0.05) is 24.7 Å². The highest BCUT2D eigenvalue weighted by atomic mass is 35.5. The quantitative estimate of drug-likeness (QED) is 0.739. The Balaban J connectivity index is 1.66. The summed E-state index contributed by atoms with van der Waals surface area (Å²) in [6, 6.07) is 7.43. The van der Waals surface area contributed by atoms with Gasteiger partial charge >= 0.3 is 5.97 Å². The van der Waals surface area contributed by atoms with Gasteiger partial charge in [0.2, 0.25) is 5.91 Å². The maximum absolute atomic E-state index is 12.4. The fourth-order valence-corrected chi connectivity index (χ4v) is 3.84. The van der Waals surface area contributed by atoms with Crippen LogP contribution in [0.3, 0.4) is 0 Å². The largest absolute Gasteiger partial charge is 0.465 e. The lowest BCUT2D eigenvalue weighted by Gasteiger charge is -2.34. The van der Waals surface area contributed by atoms with Crippen molar-refractivity contribution in [1.82, 2.24) is 9.88 Å². The van der Waals surface area contributed by atoms with E-state index in [0.717, 1.165) is 16.9 Å². The molecule has 1 aromatic carbocycles. The van der Waals surface area contributed by atoms with Gasteiger partial charge in [0.25, 0.3) is 0 Å². The molecule has 3 rings (SSSR count). The molecular formula is C16H15Cl2N3O3S. The van der Waals surface area contributed by atoms with Crippen LogP contribution in [0.25, 0.3) is 0 Å². The zero-order chi connectivity index (χ0) is 18.0. The number of carbonyl (C=O) groups excluding carboxylic acids is 2. The van der Waals surface area contributed by atoms with Crippen molar-refractivity contribution in [3.63, 3.8) is 0 Å². The number of esters is 1. The number of aromatic nitrogens is 1. The Labute approximate surface area is 158 Å². The molecule has 0 unspecified atom stereocenters. The number of piperazine rings is 1. The molecule has 25 heavy (non-hydrogen) atoms. The molecule has 0 atom stereocenters. The fraction of sp³-hybridized carbons (Fsp3) is 0.312. The minimum Gasteiger partial charge on any atom is -0.465 e. The Bertz CT molecular complexity index is 794. The van der Waals surface area contributed by atoms with E-state index in [2.05, 4.69) is 9.72 Å². The Kier molecular flexibility index (Phi) is 5.46. The molecule has 1 fully saturated rings. The highest BCUT2D eigenvalue weighted by Crippen LogP contribution is 2.31. The summed E-state index contributed by atoms with van der Waals surface area (Å²) in [5.41, 5.74) is 1.02. The molecule has 1 amide bonds. The average Bonchev–Trinajstić information content (AvgIpc) is 2.99. The van der Waals surface area contributed by atoms with E-state index in [0.29, 0.717) is 29.8 Å². The van der Waals surface area contributed by atoms with Crippen molar-refractivity contribution in [2.75, 3.05) is 31.6 Å². The van der Waals surface area contributed by atoms with Crippen LogP contribution in [0.2, 0.25) is 10.2 Å². The molecule has 1 saturated heterocycles. The first-order valence-corrected chi connectivity index (χ1v) is 9.07. The predicted molar refractivity (Wildman–Crippen MR) is 97.5 cm³/mol. The first-order valence-electron chi connectivity index (χ1n) is 7.49. The highest BCUT2D eigenvalue weighted by molar-refractivity contribution is 7.18. The number of methoxy groups -OCH3 is 1. The second-order valence-electron chi connectivity index (χ2n) is 5.47. The number of anilines is 1. The lowest BCUT2D eigenvalue weighted by Crippen LogP contribution is -2.50. The molecule has 0 saturated carbocycles. The molecule has 0 bridgehead atoms.